The minimum atomic E-state index is -1.23. The fourth-order valence-electron chi connectivity index (χ4n) is 5.17. The fourth-order valence-corrected chi connectivity index (χ4v) is 5.17. The zero-order valence-electron chi connectivity index (χ0n) is 30.0. The van der Waals surface area contributed by atoms with Gasteiger partial charge in [-0.3, -0.25) is 0 Å². The standard InChI is InChI=1S/C39H40O15/c1-6-32(40)49-18-8-10-20-51-38(46)53-29-16-14-26(36(42)43)23(3)34(29)25-12-13-28(31(22-25)48-5)35-24(4)27(37(44)45)15-17-30(35)54-39(47)52-21-11-9-19-50-33(41)7-2/h6-7,12-17,22H,1-2,8-11,18-21H2,3-5H3,(H,42,43)(H,44,45). The van der Waals surface area contributed by atoms with Gasteiger partial charge in [0.15, 0.2) is 0 Å². The minimum absolute atomic E-state index is 0.0214. The van der Waals surface area contributed by atoms with Gasteiger partial charge in [0.1, 0.15) is 17.2 Å². The van der Waals surface area contributed by atoms with E-state index in [1.165, 1.54) is 51.3 Å². The van der Waals surface area contributed by atoms with E-state index in [1.807, 2.05) is 0 Å². The molecule has 0 aliphatic rings. The molecule has 2 N–H and O–H groups in total. The van der Waals surface area contributed by atoms with E-state index in [0.717, 1.165) is 12.2 Å². The van der Waals surface area contributed by atoms with E-state index in [9.17, 15) is 39.0 Å². The third-order valence-electron chi connectivity index (χ3n) is 7.80. The Labute approximate surface area is 310 Å². The molecule has 0 unspecified atom stereocenters. The van der Waals surface area contributed by atoms with Crippen LogP contribution in [0.4, 0.5) is 9.59 Å². The van der Waals surface area contributed by atoms with Crippen LogP contribution in [-0.2, 0) is 28.5 Å². The molecule has 0 bridgehead atoms. The average molecular weight is 749 g/mol. The number of esters is 2. The first-order valence-electron chi connectivity index (χ1n) is 16.5. The number of methoxy groups -OCH3 is 1. The van der Waals surface area contributed by atoms with Crippen molar-refractivity contribution in [2.24, 2.45) is 0 Å². The maximum atomic E-state index is 12.7. The Kier molecular flexibility index (Phi) is 15.8. The Hall–Kier alpha value is -6.64. The maximum Gasteiger partial charge on any atom is 0.513 e. The van der Waals surface area contributed by atoms with Crippen LogP contribution in [-0.4, -0.2) is 79.9 Å². The summed E-state index contributed by atoms with van der Waals surface area (Å²) in [5, 5.41) is 19.7. The van der Waals surface area contributed by atoms with E-state index in [1.54, 1.807) is 12.1 Å². The van der Waals surface area contributed by atoms with Crippen molar-refractivity contribution in [3.8, 4) is 39.5 Å². The van der Waals surface area contributed by atoms with Gasteiger partial charge in [-0.2, -0.15) is 0 Å². The summed E-state index contributed by atoms with van der Waals surface area (Å²) < 4.78 is 36.8. The van der Waals surface area contributed by atoms with Gasteiger partial charge in [-0.05, 0) is 92.6 Å². The van der Waals surface area contributed by atoms with Crippen molar-refractivity contribution in [1.29, 1.82) is 0 Å². The third kappa shape index (κ3) is 11.4. The van der Waals surface area contributed by atoms with Crippen LogP contribution in [0.5, 0.6) is 17.2 Å². The van der Waals surface area contributed by atoms with E-state index in [0.29, 0.717) is 36.8 Å². The Morgan fingerprint density at radius 1 is 0.593 bits per heavy atom. The molecular weight excluding hydrogens is 708 g/mol. The zero-order valence-corrected chi connectivity index (χ0v) is 30.0. The van der Waals surface area contributed by atoms with Gasteiger partial charge in [0.2, 0.25) is 0 Å². The largest absolute Gasteiger partial charge is 0.513 e. The molecule has 0 fully saturated rings. The van der Waals surface area contributed by atoms with Crippen molar-refractivity contribution < 1.29 is 72.1 Å². The molecular formula is C39H40O15. The Morgan fingerprint density at radius 2 is 1.02 bits per heavy atom. The molecule has 0 amide bonds. The summed E-state index contributed by atoms with van der Waals surface area (Å²) >= 11 is 0. The second kappa shape index (κ2) is 20.4. The molecule has 15 nitrogen and oxygen atoms in total. The summed E-state index contributed by atoms with van der Waals surface area (Å²) in [5.74, 6) is -3.50. The number of rotatable bonds is 19. The number of unbranched alkanes of at least 4 members (excludes halogenated alkanes) is 2. The smallest absolute Gasteiger partial charge is 0.496 e. The number of carbonyl (C=O) groups excluding carboxylic acids is 4. The quantitative estimate of drug-likeness (QED) is 0.0412. The van der Waals surface area contributed by atoms with Crippen LogP contribution >= 0.6 is 0 Å². The van der Waals surface area contributed by atoms with Crippen LogP contribution in [0, 0.1) is 13.8 Å². The number of hydrogen-bond donors (Lipinski definition) is 2. The average Bonchev–Trinajstić information content (AvgIpc) is 3.14. The topological polar surface area (TPSA) is 207 Å². The van der Waals surface area contributed by atoms with Crippen molar-refractivity contribution in [1.82, 2.24) is 0 Å². The second-order valence-corrected chi connectivity index (χ2v) is 11.3. The molecule has 0 aliphatic carbocycles. The highest BCUT2D eigenvalue weighted by Gasteiger charge is 2.25. The summed E-state index contributed by atoms with van der Waals surface area (Å²) in [7, 11) is 1.35. The third-order valence-corrected chi connectivity index (χ3v) is 7.80. The molecule has 54 heavy (non-hydrogen) atoms. The van der Waals surface area contributed by atoms with Crippen LogP contribution in [0.2, 0.25) is 0 Å². The lowest BCUT2D eigenvalue weighted by Crippen LogP contribution is -2.14. The number of carbonyl (C=O) groups is 6. The van der Waals surface area contributed by atoms with E-state index in [-0.39, 0.29) is 77.1 Å². The highest BCUT2D eigenvalue weighted by atomic mass is 16.7. The lowest BCUT2D eigenvalue weighted by atomic mass is 9.91. The van der Waals surface area contributed by atoms with Crippen molar-refractivity contribution in [2.75, 3.05) is 33.5 Å². The molecule has 15 heteroatoms. The number of carboxylic acids is 2. The summed E-state index contributed by atoms with van der Waals surface area (Å²) in [5.41, 5.74) is 1.42. The monoisotopic (exact) mass is 748 g/mol. The van der Waals surface area contributed by atoms with Crippen LogP contribution < -0.4 is 14.2 Å². The number of aromatic carboxylic acids is 2. The molecule has 286 valence electrons. The maximum absolute atomic E-state index is 12.7. The van der Waals surface area contributed by atoms with Crippen LogP contribution in [0.15, 0.2) is 67.8 Å². The molecule has 0 spiro atoms. The van der Waals surface area contributed by atoms with E-state index >= 15 is 0 Å². The number of hydrogen-bond acceptors (Lipinski definition) is 13. The predicted molar refractivity (Wildman–Crippen MR) is 192 cm³/mol. The van der Waals surface area contributed by atoms with E-state index in [4.69, 9.17) is 33.2 Å². The van der Waals surface area contributed by atoms with Crippen LogP contribution in [0.3, 0.4) is 0 Å². The van der Waals surface area contributed by atoms with Crippen molar-refractivity contribution in [3.63, 3.8) is 0 Å². The first kappa shape index (κ1) is 41.8. The lowest BCUT2D eigenvalue weighted by Gasteiger charge is -2.19. The molecule has 3 aromatic carbocycles. The first-order chi connectivity index (χ1) is 25.8. The Morgan fingerprint density at radius 3 is 1.44 bits per heavy atom. The normalized spacial score (nSPS) is 10.4. The van der Waals surface area contributed by atoms with Crippen molar-refractivity contribution in [2.45, 2.75) is 39.5 Å². The zero-order chi connectivity index (χ0) is 39.8. The Bertz CT molecular complexity index is 1910. The van der Waals surface area contributed by atoms with Gasteiger partial charge in [-0.15, -0.1) is 0 Å². The molecule has 0 heterocycles. The summed E-state index contributed by atoms with van der Waals surface area (Å²) in [6.07, 6.45) is 1.50. The Balaban J connectivity index is 1.93. The number of ether oxygens (including phenoxy) is 7. The van der Waals surface area contributed by atoms with Gasteiger partial charge >= 0.3 is 36.2 Å². The second-order valence-electron chi connectivity index (χ2n) is 11.3. The van der Waals surface area contributed by atoms with Gasteiger partial charge in [-0.1, -0.05) is 19.2 Å². The lowest BCUT2D eigenvalue weighted by molar-refractivity contribution is -0.138. The van der Waals surface area contributed by atoms with Crippen molar-refractivity contribution in [3.05, 3.63) is 90.0 Å². The summed E-state index contributed by atoms with van der Waals surface area (Å²) in [4.78, 5) is 71.9. The molecule has 0 saturated carbocycles. The van der Waals surface area contributed by atoms with Crippen LogP contribution in [0.1, 0.15) is 57.5 Å². The first-order valence-corrected chi connectivity index (χ1v) is 16.5. The van der Waals surface area contributed by atoms with Gasteiger partial charge in [0.05, 0.1) is 44.7 Å². The molecule has 0 radical (unpaired) electrons. The van der Waals surface area contributed by atoms with E-state index in [2.05, 4.69) is 13.2 Å². The molecule has 0 atom stereocenters. The van der Waals surface area contributed by atoms with Gasteiger partial charge in [0, 0.05) is 28.8 Å². The van der Waals surface area contributed by atoms with Gasteiger partial charge in [-0.25, -0.2) is 28.8 Å². The summed E-state index contributed by atoms with van der Waals surface area (Å²) in [6, 6.07) is 9.83. The fraction of sp³-hybridized carbons (Fsp3) is 0.282. The molecule has 0 aliphatic heterocycles. The van der Waals surface area contributed by atoms with Crippen LogP contribution in [0.25, 0.3) is 22.3 Å². The number of benzene rings is 3. The van der Waals surface area contributed by atoms with Gasteiger partial charge in [0.25, 0.3) is 0 Å². The molecule has 3 rings (SSSR count). The number of carboxylic acid groups (broad SMARTS) is 2. The summed E-state index contributed by atoms with van der Waals surface area (Å²) in [6.45, 7) is 9.80. The SMILES string of the molecule is C=CC(=O)OCCCCOC(=O)Oc1ccc(C(=O)O)c(C)c1-c1ccc(-c2c(OC(=O)OCCCCOC(=O)C=C)ccc(C(=O)O)c2C)c(OC)c1. The molecule has 3 aromatic rings. The van der Waals surface area contributed by atoms with E-state index < -0.39 is 36.2 Å². The molecule has 0 saturated heterocycles. The highest BCUT2D eigenvalue weighted by Crippen LogP contribution is 2.44. The van der Waals surface area contributed by atoms with Gasteiger partial charge < -0.3 is 43.4 Å². The highest BCUT2D eigenvalue weighted by molar-refractivity contribution is 5.96. The minimum Gasteiger partial charge on any atom is -0.496 e. The predicted octanol–water partition coefficient (Wildman–Crippen LogP) is 7.09. The van der Waals surface area contributed by atoms with Crippen molar-refractivity contribution >= 4 is 36.2 Å². The molecule has 0 aromatic heterocycles.